The van der Waals surface area contributed by atoms with Crippen LogP contribution in [0.25, 0.3) is 15.9 Å². The van der Waals surface area contributed by atoms with Gasteiger partial charge in [0.05, 0.1) is 16.8 Å². The summed E-state index contributed by atoms with van der Waals surface area (Å²) >= 11 is 2.95. The van der Waals surface area contributed by atoms with Gasteiger partial charge in [-0.1, -0.05) is 36.4 Å². The molecule has 0 spiro atoms. The molecule has 1 N–H and O–H groups in total. The van der Waals surface area contributed by atoms with Crippen molar-refractivity contribution >= 4 is 39.2 Å². The maximum absolute atomic E-state index is 13.6. The van der Waals surface area contributed by atoms with Crippen LogP contribution in [0.5, 0.6) is 0 Å². The topological polar surface area (TPSA) is 64.0 Å². The molecule has 0 saturated carbocycles. The molecule has 7 heteroatoms. The number of fused-ring (bicyclic) bond motifs is 3. The Hall–Kier alpha value is -2.12. The molecule has 4 rings (SSSR count). The van der Waals surface area contributed by atoms with Gasteiger partial charge in [0, 0.05) is 10.4 Å². The highest BCUT2D eigenvalue weighted by Gasteiger charge is 2.25. The number of nitrogens with one attached hydrogen (secondary N) is 1. The Kier molecular flexibility index (Phi) is 5.77. The maximum atomic E-state index is 13.6. The minimum Gasteiger partial charge on any atom is -0.351 e. The molecule has 3 aromatic rings. The van der Waals surface area contributed by atoms with Crippen molar-refractivity contribution in [2.24, 2.45) is 0 Å². The minimum absolute atomic E-state index is 0.0277. The van der Waals surface area contributed by atoms with Crippen LogP contribution in [0.2, 0.25) is 0 Å². The Morgan fingerprint density at radius 3 is 2.70 bits per heavy atom. The third-order valence-electron chi connectivity index (χ3n) is 5.69. The molecule has 2 aromatic heterocycles. The van der Waals surface area contributed by atoms with E-state index in [-0.39, 0.29) is 22.8 Å². The van der Waals surface area contributed by atoms with Crippen molar-refractivity contribution < 1.29 is 4.79 Å². The predicted octanol–water partition coefficient (Wildman–Crippen LogP) is 4.64. The second-order valence-electron chi connectivity index (χ2n) is 8.48. The van der Waals surface area contributed by atoms with Crippen molar-refractivity contribution in [1.29, 1.82) is 0 Å². The van der Waals surface area contributed by atoms with Crippen molar-refractivity contribution in [3.8, 4) is 5.69 Å². The third kappa shape index (κ3) is 4.05. The van der Waals surface area contributed by atoms with E-state index in [1.165, 1.54) is 22.2 Å². The molecule has 0 atom stereocenters. The van der Waals surface area contributed by atoms with Crippen LogP contribution in [0.1, 0.15) is 49.6 Å². The molecule has 0 saturated heterocycles. The number of hydrogen-bond donors (Lipinski definition) is 1. The molecule has 158 valence electrons. The van der Waals surface area contributed by atoms with Gasteiger partial charge in [-0.15, -0.1) is 11.3 Å². The second-order valence-corrected chi connectivity index (χ2v) is 10.5. The summed E-state index contributed by atoms with van der Waals surface area (Å²) < 4.78 is 1.68. The van der Waals surface area contributed by atoms with Crippen molar-refractivity contribution in [3.05, 3.63) is 50.6 Å². The number of rotatable bonds is 6. The van der Waals surface area contributed by atoms with Gasteiger partial charge in [-0.3, -0.25) is 14.2 Å². The molecule has 2 heterocycles. The number of thioether (sulfide) groups is 1. The van der Waals surface area contributed by atoms with Gasteiger partial charge in [0.2, 0.25) is 5.91 Å². The van der Waals surface area contributed by atoms with Crippen molar-refractivity contribution in [3.63, 3.8) is 0 Å². The van der Waals surface area contributed by atoms with E-state index in [0.29, 0.717) is 5.16 Å². The summed E-state index contributed by atoms with van der Waals surface area (Å²) in [6.45, 7) is 8.09. The number of carbonyl (C=O) groups excluding carboxylic acids is 1. The van der Waals surface area contributed by atoms with E-state index in [9.17, 15) is 9.59 Å². The molecule has 0 unspecified atom stereocenters. The average molecular weight is 442 g/mol. The fourth-order valence-electron chi connectivity index (χ4n) is 3.68. The molecule has 30 heavy (non-hydrogen) atoms. The van der Waals surface area contributed by atoms with Crippen LogP contribution in [-0.2, 0) is 17.6 Å². The third-order valence-corrected chi connectivity index (χ3v) is 7.82. The lowest BCUT2D eigenvalue weighted by molar-refractivity contribution is -0.120. The van der Waals surface area contributed by atoms with E-state index >= 15 is 0 Å². The highest BCUT2D eigenvalue weighted by atomic mass is 32.2. The fraction of sp³-hybridized carbons (Fsp3) is 0.435. The molecule has 0 bridgehead atoms. The first-order valence-electron chi connectivity index (χ1n) is 10.4. The van der Waals surface area contributed by atoms with E-state index in [1.54, 1.807) is 15.9 Å². The molecular formula is C23H27N3O2S2. The monoisotopic (exact) mass is 441 g/mol. The summed E-state index contributed by atoms with van der Waals surface area (Å²) in [6.07, 6.45) is 3.92. The number of thiophene rings is 1. The highest BCUT2D eigenvalue weighted by Crippen LogP contribution is 2.36. The first-order valence-corrected chi connectivity index (χ1v) is 12.2. The van der Waals surface area contributed by atoms with Gasteiger partial charge in [0.25, 0.3) is 5.56 Å². The second kappa shape index (κ2) is 8.19. The fourth-order valence-corrected chi connectivity index (χ4v) is 5.79. The van der Waals surface area contributed by atoms with Gasteiger partial charge in [-0.05, 0) is 64.2 Å². The van der Waals surface area contributed by atoms with E-state index < -0.39 is 0 Å². The zero-order valence-corrected chi connectivity index (χ0v) is 19.5. The van der Waals surface area contributed by atoms with Crippen LogP contribution in [0.4, 0.5) is 0 Å². The van der Waals surface area contributed by atoms with E-state index in [4.69, 9.17) is 4.98 Å². The Balaban J connectivity index is 1.76. The number of nitrogens with zero attached hydrogens (tertiary/aromatic N) is 2. The van der Waals surface area contributed by atoms with E-state index in [1.807, 2.05) is 52.0 Å². The van der Waals surface area contributed by atoms with Crippen LogP contribution in [0.3, 0.4) is 0 Å². The summed E-state index contributed by atoms with van der Waals surface area (Å²) in [6, 6.07) is 7.88. The molecule has 1 aromatic carbocycles. The lowest BCUT2D eigenvalue weighted by Crippen LogP contribution is -2.43. The zero-order valence-electron chi connectivity index (χ0n) is 17.9. The van der Waals surface area contributed by atoms with Crippen LogP contribution >= 0.6 is 23.1 Å². The Bertz CT molecular complexity index is 1160. The average Bonchev–Trinajstić information content (AvgIpc) is 3.28. The zero-order chi connectivity index (χ0) is 21.5. The summed E-state index contributed by atoms with van der Waals surface area (Å²) in [4.78, 5) is 33.0. The molecule has 0 radical (unpaired) electrons. The normalized spacial score (nSPS) is 13.6. The standard InChI is InChI=1S/C23H27N3O2S2/c1-5-23(3,4)25-18(27)13-29-22-24-20-19(16-7-6-8-17(16)30-20)21(28)26(22)15-11-9-14(2)10-12-15/h9-12H,5-8,13H2,1-4H3,(H,25,27). The highest BCUT2D eigenvalue weighted by molar-refractivity contribution is 7.99. The Morgan fingerprint density at radius 1 is 1.27 bits per heavy atom. The molecule has 1 amide bonds. The first kappa shape index (κ1) is 21.1. The Labute approximate surface area is 184 Å². The van der Waals surface area contributed by atoms with Gasteiger partial charge in [0.15, 0.2) is 5.16 Å². The lowest BCUT2D eigenvalue weighted by Gasteiger charge is -2.24. The van der Waals surface area contributed by atoms with Gasteiger partial charge in [-0.25, -0.2) is 4.98 Å². The number of benzene rings is 1. The van der Waals surface area contributed by atoms with Gasteiger partial charge < -0.3 is 5.32 Å². The summed E-state index contributed by atoms with van der Waals surface area (Å²) in [5, 5.41) is 4.38. The molecule has 0 fully saturated rings. The quantitative estimate of drug-likeness (QED) is 0.447. The minimum atomic E-state index is -0.250. The van der Waals surface area contributed by atoms with Crippen LogP contribution in [-0.4, -0.2) is 26.8 Å². The summed E-state index contributed by atoms with van der Waals surface area (Å²) in [5.41, 5.74) is 2.81. The number of aromatic nitrogens is 2. The summed E-state index contributed by atoms with van der Waals surface area (Å²) in [5.74, 6) is 0.170. The van der Waals surface area contributed by atoms with Gasteiger partial charge >= 0.3 is 0 Å². The van der Waals surface area contributed by atoms with Gasteiger partial charge in [-0.2, -0.15) is 0 Å². The molecule has 1 aliphatic carbocycles. The molecule has 0 aliphatic heterocycles. The van der Waals surface area contributed by atoms with Crippen molar-refractivity contribution in [2.45, 2.75) is 64.1 Å². The van der Waals surface area contributed by atoms with Crippen LogP contribution in [0.15, 0.2) is 34.2 Å². The van der Waals surface area contributed by atoms with Gasteiger partial charge in [0.1, 0.15) is 4.83 Å². The Morgan fingerprint density at radius 2 is 2.00 bits per heavy atom. The first-order chi connectivity index (χ1) is 14.3. The molecule has 5 nitrogen and oxygen atoms in total. The summed E-state index contributed by atoms with van der Waals surface area (Å²) in [7, 11) is 0. The number of carbonyl (C=O) groups is 1. The van der Waals surface area contributed by atoms with Crippen LogP contribution < -0.4 is 10.9 Å². The largest absolute Gasteiger partial charge is 0.351 e. The smallest absolute Gasteiger partial charge is 0.267 e. The van der Waals surface area contributed by atoms with E-state index in [2.05, 4.69) is 5.32 Å². The van der Waals surface area contributed by atoms with Crippen LogP contribution in [0, 0.1) is 6.92 Å². The van der Waals surface area contributed by atoms with Crippen molar-refractivity contribution in [2.75, 3.05) is 5.75 Å². The van der Waals surface area contributed by atoms with Crippen molar-refractivity contribution in [1.82, 2.24) is 14.9 Å². The maximum Gasteiger partial charge on any atom is 0.267 e. The lowest BCUT2D eigenvalue weighted by atomic mass is 10.0. The van der Waals surface area contributed by atoms with E-state index in [0.717, 1.165) is 47.2 Å². The number of hydrogen-bond acceptors (Lipinski definition) is 5. The molecule has 1 aliphatic rings. The SMILES string of the molecule is CCC(C)(C)NC(=O)CSc1nc2sc3c(c2c(=O)n1-c1ccc(C)cc1)CCC3. The predicted molar refractivity (Wildman–Crippen MR) is 125 cm³/mol. The molecular weight excluding hydrogens is 414 g/mol. The number of aryl methyl sites for hydroxylation is 3. The number of amides is 1.